The molecule has 1 unspecified atom stereocenters. The van der Waals surface area contributed by atoms with Gasteiger partial charge in [0.1, 0.15) is 10.6 Å². The number of carbonyl (C=O) groups is 2. The van der Waals surface area contributed by atoms with E-state index in [4.69, 9.17) is 27.9 Å². The number of halogens is 2. The molecule has 2 aliphatic rings. The number of piperidine rings is 1. The first-order valence-corrected chi connectivity index (χ1v) is 12.2. The summed E-state index contributed by atoms with van der Waals surface area (Å²) in [6.07, 6.45) is 1.12. The van der Waals surface area contributed by atoms with Crippen LogP contribution < -0.4 is 15.4 Å². The monoisotopic (exact) mass is 497 g/mol. The van der Waals surface area contributed by atoms with Crippen LogP contribution in [0.3, 0.4) is 0 Å². The summed E-state index contributed by atoms with van der Waals surface area (Å²) in [7, 11) is -3.97. The van der Waals surface area contributed by atoms with Gasteiger partial charge in [-0.15, -0.1) is 0 Å². The largest absolute Gasteiger partial charge is 0.482 e. The third kappa shape index (κ3) is 4.71. The number of benzene rings is 2. The molecule has 2 aliphatic heterocycles. The summed E-state index contributed by atoms with van der Waals surface area (Å²) in [4.78, 5) is 24.1. The van der Waals surface area contributed by atoms with E-state index in [-0.39, 0.29) is 53.7 Å². The molecule has 0 aromatic heterocycles. The van der Waals surface area contributed by atoms with Gasteiger partial charge in [-0.1, -0.05) is 41.4 Å². The maximum atomic E-state index is 13.3. The van der Waals surface area contributed by atoms with E-state index in [0.29, 0.717) is 23.6 Å². The van der Waals surface area contributed by atoms with Crippen molar-refractivity contribution in [2.75, 3.05) is 25.0 Å². The predicted octanol–water partition coefficient (Wildman–Crippen LogP) is 3.04. The van der Waals surface area contributed by atoms with Crippen LogP contribution in [0.4, 0.5) is 5.69 Å². The quantitative estimate of drug-likeness (QED) is 0.660. The van der Waals surface area contributed by atoms with Crippen molar-refractivity contribution in [1.82, 2.24) is 9.62 Å². The van der Waals surface area contributed by atoms with Crippen molar-refractivity contribution in [1.29, 1.82) is 0 Å². The van der Waals surface area contributed by atoms with E-state index in [1.54, 1.807) is 6.07 Å². The van der Waals surface area contributed by atoms with Crippen molar-refractivity contribution in [3.8, 4) is 5.75 Å². The van der Waals surface area contributed by atoms with Gasteiger partial charge in [0.2, 0.25) is 15.9 Å². The Balaban J connectivity index is 1.48. The number of fused-ring (bicyclic) bond motifs is 1. The van der Waals surface area contributed by atoms with Gasteiger partial charge in [0.05, 0.1) is 16.6 Å². The Morgan fingerprint density at radius 3 is 2.78 bits per heavy atom. The van der Waals surface area contributed by atoms with Gasteiger partial charge in [-0.3, -0.25) is 9.59 Å². The second-order valence-corrected chi connectivity index (χ2v) is 10.3. The van der Waals surface area contributed by atoms with Crippen molar-refractivity contribution in [3.05, 3.63) is 52.0 Å². The fourth-order valence-electron chi connectivity index (χ4n) is 3.76. The maximum absolute atomic E-state index is 13.3. The normalized spacial score (nSPS) is 18.9. The molecule has 1 fully saturated rings. The van der Waals surface area contributed by atoms with Crippen LogP contribution in [-0.4, -0.2) is 44.2 Å². The van der Waals surface area contributed by atoms with Crippen molar-refractivity contribution in [2.24, 2.45) is 5.92 Å². The lowest BCUT2D eigenvalue weighted by atomic mass is 9.99. The van der Waals surface area contributed by atoms with Crippen molar-refractivity contribution < 1.29 is 22.7 Å². The highest BCUT2D eigenvalue weighted by molar-refractivity contribution is 7.89. The Bertz CT molecular complexity index is 1170. The average molecular weight is 498 g/mol. The molecule has 1 saturated heterocycles. The van der Waals surface area contributed by atoms with Crippen LogP contribution in [0.2, 0.25) is 10.0 Å². The Morgan fingerprint density at radius 1 is 1.22 bits per heavy atom. The van der Waals surface area contributed by atoms with Gasteiger partial charge in [0.25, 0.3) is 5.91 Å². The minimum atomic E-state index is -3.97. The zero-order valence-corrected chi connectivity index (χ0v) is 19.3. The first-order chi connectivity index (χ1) is 15.3. The third-order valence-corrected chi connectivity index (χ3v) is 8.15. The van der Waals surface area contributed by atoms with E-state index in [9.17, 15) is 18.0 Å². The molecular weight excluding hydrogens is 477 g/mol. The number of nitrogens with zero attached hydrogens (tertiary/aromatic N) is 1. The zero-order chi connectivity index (χ0) is 22.9. The van der Waals surface area contributed by atoms with Gasteiger partial charge in [-0.2, -0.15) is 4.31 Å². The SMILES string of the molecule is O=C1COc2cc(S(=O)(=O)N3CCCC(C(=O)NCc4ccccc4Cl)C3)c(Cl)cc2N1. The lowest BCUT2D eigenvalue weighted by molar-refractivity contribution is -0.126. The summed E-state index contributed by atoms with van der Waals surface area (Å²) in [6.45, 7) is 0.385. The predicted molar refractivity (Wildman–Crippen MR) is 120 cm³/mol. The van der Waals surface area contributed by atoms with Crippen molar-refractivity contribution in [3.63, 3.8) is 0 Å². The first kappa shape index (κ1) is 22.8. The first-order valence-electron chi connectivity index (χ1n) is 10.0. The summed E-state index contributed by atoms with van der Waals surface area (Å²) < 4.78 is 33.2. The minimum Gasteiger partial charge on any atom is -0.482 e. The molecule has 170 valence electrons. The highest BCUT2D eigenvalue weighted by Crippen LogP contribution is 2.37. The van der Waals surface area contributed by atoms with Crippen LogP contribution in [-0.2, 0) is 26.2 Å². The molecule has 2 aromatic rings. The molecule has 0 saturated carbocycles. The number of anilines is 1. The lowest BCUT2D eigenvalue weighted by Gasteiger charge is -2.31. The number of hydrogen-bond acceptors (Lipinski definition) is 5. The highest BCUT2D eigenvalue weighted by Gasteiger charge is 2.35. The van der Waals surface area contributed by atoms with Gasteiger partial charge in [-0.25, -0.2) is 8.42 Å². The molecule has 4 rings (SSSR count). The molecule has 2 heterocycles. The number of hydrogen-bond donors (Lipinski definition) is 2. The molecule has 0 bridgehead atoms. The van der Waals surface area contributed by atoms with Gasteiger partial charge < -0.3 is 15.4 Å². The summed E-state index contributed by atoms with van der Waals surface area (Å²) in [5.74, 6) is -0.829. The summed E-state index contributed by atoms with van der Waals surface area (Å²) in [6, 6.07) is 9.88. The maximum Gasteiger partial charge on any atom is 0.262 e. The number of sulfonamides is 1. The molecule has 1 atom stereocenters. The van der Waals surface area contributed by atoms with Crippen LogP contribution in [0.25, 0.3) is 0 Å². The molecule has 32 heavy (non-hydrogen) atoms. The summed E-state index contributed by atoms with van der Waals surface area (Å²) >= 11 is 12.4. The molecule has 0 spiro atoms. The van der Waals surface area contributed by atoms with E-state index in [1.165, 1.54) is 16.4 Å². The topological polar surface area (TPSA) is 105 Å². The number of carbonyl (C=O) groups excluding carboxylic acids is 2. The van der Waals surface area contributed by atoms with E-state index >= 15 is 0 Å². The van der Waals surface area contributed by atoms with Crippen LogP contribution in [0, 0.1) is 5.92 Å². The molecule has 2 amide bonds. The molecular formula is C21H21Cl2N3O5S. The van der Waals surface area contributed by atoms with Crippen LogP contribution in [0.5, 0.6) is 5.75 Å². The fraction of sp³-hybridized carbons (Fsp3) is 0.333. The summed E-state index contributed by atoms with van der Waals surface area (Å²) in [5.41, 5.74) is 1.11. The van der Waals surface area contributed by atoms with Crippen LogP contribution in [0.1, 0.15) is 18.4 Å². The van der Waals surface area contributed by atoms with Crippen LogP contribution in [0.15, 0.2) is 41.3 Å². The average Bonchev–Trinajstić information content (AvgIpc) is 2.77. The molecule has 2 aromatic carbocycles. The fourth-order valence-corrected chi connectivity index (χ4v) is 6.01. The van der Waals surface area contributed by atoms with Crippen molar-refractivity contribution >= 4 is 50.7 Å². The lowest BCUT2D eigenvalue weighted by Crippen LogP contribution is -2.45. The van der Waals surface area contributed by atoms with Gasteiger partial charge in [0, 0.05) is 30.7 Å². The third-order valence-electron chi connectivity index (χ3n) is 5.45. The smallest absolute Gasteiger partial charge is 0.262 e. The molecule has 0 aliphatic carbocycles. The Labute approximate surface area is 195 Å². The van der Waals surface area contributed by atoms with Crippen LogP contribution >= 0.6 is 23.2 Å². The van der Waals surface area contributed by atoms with E-state index in [0.717, 1.165) is 5.56 Å². The number of amides is 2. The highest BCUT2D eigenvalue weighted by atomic mass is 35.5. The molecule has 8 nitrogen and oxygen atoms in total. The number of nitrogens with one attached hydrogen (secondary N) is 2. The number of ether oxygens (including phenoxy) is 1. The zero-order valence-electron chi connectivity index (χ0n) is 16.9. The Kier molecular flexibility index (Phi) is 6.62. The van der Waals surface area contributed by atoms with Crippen molar-refractivity contribution in [2.45, 2.75) is 24.3 Å². The Hall–Kier alpha value is -2.33. The molecule has 2 N–H and O–H groups in total. The standard InChI is InChI=1S/C21H21Cl2N3O5S/c22-15-6-2-1-4-13(15)10-24-21(28)14-5-3-7-26(11-14)32(29,30)19-9-18-17(8-16(19)23)25-20(27)12-31-18/h1-2,4,6,8-9,14H,3,5,7,10-12H2,(H,24,28)(H,25,27). The minimum absolute atomic E-state index is 0.0279. The summed E-state index contributed by atoms with van der Waals surface area (Å²) in [5, 5.41) is 5.97. The van der Waals surface area contributed by atoms with Gasteiger partial charge in [-0.05, 0) is 30.5 Å². The number of rotatable bonds is 5. The van der Waals surface area contributed by atoms with E-state index in [1.807, 2.05) is 18.2 Å². The second kappa shape index (κ2) is 9.27. The van der Waals surface area contributed by atoms with E-state index in [2.05, 4.69) is 10.6 Å². The Morgan fingerprint density at radius 2 is 2.00 bits per heavy atom. The van der Waals surface area contributed by atoms with Gasteiger partial charge in [0.15, 0.2) is 6.61 Å². The second-order valence-electron chi connectivity index (χ2n) is 7.63. The van der Waals surface area contributed by atoms with E-state index < -0.39 is 15.9 Å². The molecule has 0 radical (unpaired) electrons. The molecule has 11 heteroatoms. The van der Waals surface area contributed by atoms with Gasteiger partial charge >= 0.3 is 0 Å².